The molecule has 0 saturated heterocycles. The molecular weight excluding hydrogens is 258 g/mol. The normalized spacial score (nSPS) is 19.8. The average Bonchev–Trinajstić information content (AvgIpc) is 2.20. The molecule has 3 nitrogen and oxygen atoms in total. The van der Waals surface area contributed by atoms with Crippen LogP contribution >= 0.6 is 15.9 Å². The van der Waals surface area contributed by atoms with E-state index in [0.717, 1.165) is 15.9 Å². The second-order valence-corrected chi connectivity index (χ2v) is 4.37. The highest BCUT2D eigenvalue weighted by molar-refractivity contribution is 9.10. The number of ether oxygens (including phenoxy) is 1. The SMILES string of the molecule is CCN1C(=O)C(C)Oc2cc(Br)ccc21. The quantitative estimate of drug-likeness (QED) is 0.785. The molecule has 0 radical (unpaired) electrons. The molecule has 0 saturated carbocycles. The van der Waals surface area contributed by atoms with E-state index in [1.54, 1.807) is 11.8 Å². The number of carbonyl (C=O) groups is 1. The predicted molar refractivity (Wildman–Crippen MR) is 62.3 cm³/mol. The van der Waals surface area contributed by atoms with E-state index in [0.29, 0.717) is 6.54 Å². The Balaban J connectivity index is 2.49. The third-order valence-corrected chi connectivity index (χ3v) is 2.94. The Morgan fingerprint density at radius 2 is 2.27 bits per heavy atom. The molecule has 1 aromatic carbocycles. The lowest BCUT2D eigenvalue weighted by Gasteiger charge is -2.32. The van der Waals surface area contributed by atoms with Crippen LogP contribution in [0.5, 0.6) is 5.75 Å². The zero-order valence-electron chi connectivity index (χ0n) is 8.66. The zero-order chi connectivity index (χ0) is 11.0. The lowest BCUT2D eigenvalue weighted by molar-refractivity contribution is -0.125. The maximum Gasteiger partial charge on any atom is 0.267 e. The molecule has 1 heterocycles. The molecule has 2 rings (SSSR count). The average molecular weight is 270 g/mol. The van der Waals surface area contributed by atoms with Crippen molar-refractivity contribution in [2.24, 2.45) is 0 Å². The van der Waals surface area contributed by atoms with Crippen molar-refractivity contribution in [1.29, 1.82) is 0 Å². The molecule has 1 unspecified atom stereocenters. The molecule has 1 aliphatic heterocycles. The summed E-state index contributed by atoms with van der Waals surface area (Å²) in [6, 6.07) is 5.70. The minimum absolute atomic E-state index is 0.0207. The summed E-state index contributed by atoms with van der Waals surface area (Å²) in [5.41, 5.74) is 0.851. The second kappa shape index (κ2) is 3.85. The van der Waals surface area contributed by atoms with Gasteiger partial charge in [-0.2, -0.15) is 0 Å². The van der Waals surface area contributed by atoms with Crippen LogP contribution in [0.3, 0.4) is 0 Å². The first-order chi connectivity index (χ1) is 7.13. The van der Waals surface area contributed by atoms with E-state index in [4.69, 9.17) is 4.74 Å². The molecule has 0 fully saturated rings. The number of rotatable bonds is 1. The summed E-state index contributed by atoms with van der Waals surface area (Å²) < 4.78 is 6.49. The molecule has 0 N–H and O–H groups in total. The van der Waals surface area contributed by atoms with Gasteiger partial charge in [0.15, 0.2) is 6.10 Å². The molecular formula is C11H12BrNO2. The number of halogens is 1. The van der Waals surface area contributed by atoms with Gasteiger partial charge in [-0.25, -0.2) is 0 Å². The van der Waals surface area contributed by atoms with Gasteiger partial charge in [-0.1, -0.05) is 15.9 Å². The number of nitrogens with zero attached hydrogens (tertiary/aromatic N) is 1. The summed E-state index contributed by atoms with van der Waals surface area (Å²) in [6.45, 7) is 4.40. The molecule has 80 valence electrons. The number of carbonyl (C=O) groups excluding carboxylic acids is 1. The van der Waals surface area contributed by atoms with Crippen LogP contribution in [0.25, 0.3) is 0 Å². The Labute approximate surface area is 97.2 Å². The maximum atomic E-state index is 11.8. The van der Waals surface area contributed by atoms with Crippen LogP contribution in [0.2, 0.25) is 0 Å². The van der Waals surface area contributed by atoms with E-state index in [1.165, 1.54) is 0 Å². The van der Waals surface area contributed by atoms with Crippen LogP contribution in [0.4, 0.5) is 5.69 Å². The Bertz CT molecular complexity index is 406. The standard InChI is InChI=1S/C11H12BrNO2/c1-3-13-9-5-4-8(12)6-10(9)15-7(2)11(13)14/h4-7H,3H2,1-2H3. The highest BCUT2D eigenvalue weighted by Gasteiger charge is 2.30. The van der Waals surface area contributed by atoms with Crippen molar-refractivity contribution in [2.75, 3.05) is 11.4 Å². The van der Waals surface area contributed by atoms with Crippen LogP contribution in [-0.2, 0) is 4.79 Å². The number of likely N-dealkylation sites (N-methyl/N-ethyl adjacent to an activating group) is 1. The third-order valence-electron chi connectivity index (χ3n) is 2.45. The van der Waals surface area contributed by atoms with Crippen LogP contribution in [0, 0.1) is 0 Å². The molecule has 4 heteroatoms. The molecule has 1 atom stereocenters. The number of hydrogen-bond acceptors (Lipinski definition) is 2. The van der Waals surface area contributed by atoms with Gasteiger partial charge in [0.1, 0.15) is 5.75 Å². The van der Waals surface area contributed by atoms with Crippen molar-refractivity contribution in [3.05, 3.63) is 22.7 Å². The highest BCUT2D eigenvalue weighted by atomic mass is 79.9. The molecule has 0 spiro atoms. The molecule has 0 aromatic heterocycles. The monoisotopic (exact) mass is 269 g/mol. The van der Waals surface area contributed by atoms with Crippen molar-refractivity contribution in [3.8, 4) is 5.75 Å². The summed E-state index contributed by atoms with van der Waals surface area (Å²) in [4.78, 5) is 13.5. The van der Waals surface area contributed by atoms with Gasteiger partial charge in [-0.05, 0) is 32.0 Å². The molecule has 15 heavy (non-hydrogen) atoms. The van der Waals surface area contributed by atoms with Crippen molar-refractivity contribution in [2.45, 2.75) is 20.0 Å². The van der Waals surface area contributed by atoms with Crippen molar-refractivity contribution in [3.63, 3.8) is 0 Å². The smallest absolute Gasteiger partial charge is 0.267 e. The number of amides is 1. The van der Waals surface area contributed by atoms with Crippen molar-refractivity contribution >= 4 is 27.5 Å². The first-order valence-electron chi connectivity index (χ1n) is 4.91. The van der Waals surface area contributed by atoms with Crippen LogP contribution in [0.15, 0.2) is 22.7 Å². The number of anilines is 1. The van der Waals surface area contributed by atoms with Gasteiger partial charge >= 0.3 is 0 Å². The van der Waals surface area contributed by atoms with Crippen LogP contribution in [0.1, 0.15) is 13.8 Å². The van der Waals surface area contributed by atoms with Crippen molar-refractivity contribution in [1.82, 2.24) is 0 Å². The number of fused-ring (bicyclic) bond motifs is 1. The van der Waals surface area contributed by atoms with E-state index in [2.05, 4.69) is 15.9 Å². The van der Waals surface area contributed by atoms with E-state index in [1.807, 2.05) is 25.1 Å². The number of benzene rings is 1. The summed E-state index contributed by atoms with van der Waals surface area (Å²) in [5, 5.41) is 0. The van der Waals surface area contributed by atoms with Gasteiger partial charge in [0, 0.05) is 11.0 Å². The number of hydrogen-bond donors (Lipinski definition) is 0. The molecule has 1 aliphatic rings. The largest absolute Gasteiger partial charge is 0.479 e. The topological polar surface area (TPSA) is 29.5 Å². The van der Waals surface area contributed by atoms with Gasteiger partial charge in [0.05, 0.1) is 5.69 Å². The lowest BCUT2D eigenvalue weighted by Crippen LogP contribution is -2.44. The van der Waals surface area contributed by atoms with Crippen LogP contribution < -0.4 is 9.64 Å². The Kier molecular flexibility index (Phi) is 2.69. The van der Waals surface area contributed by atoms with Gasteiger partial charge in [0.2, 0.25) is 0 Å². The van der Waals surface area contributed by atoms with Crippen molar-refractivity contribution < 1.29 is 9.53 Å². The summed E-state index contributed by atoms with van der Waals surface area (Å²) in [5.74, 6) is 0.783. The fourth-order valence-corrected chi connectivity index (χ4v) is 2.05. The fraction of sp³-hybridized carbons (Fsp3) is 0.364. The highest BCUT2D eigenvalue weighted by Crippen LogP contribution is 2.35. The summed E-state index contributed by atoms with van der Waals surface area (Å²) in [7, 11) is 0. The first kappa shape index (κ1) is 10.5. The minimum atomic E-state index is -0.397. The van der Waals surface area contributed by atoms with Gasteiger partial charge < -0.3 is 9.64 Å². The summed E-state index contributed by atoms with van der Waals surface area (Å²) >= 11 is 3.38. The van der Waals surface area contributed by atoms with Gasteiger partial charge in [-0.3, -0.25) is 4.79 Å². The molecule has 0 aliphatic carbocycles. The minimum Gasteiger partial charge on any atom is -0.479 e. The zero-order valence-corrected chi connectivity index (χ0v) is 10.2. The van der Waals surface area contributed by atoms with Gasteiger partial charge in [-0.15, -0.1) is 0 Å². The molecule has 1 amide bonds. The Morgan fingerprint density at radius 3 is 2.93 bits per heavy atom. The summed E-state index contributed by atoms with van der Waals surface area (Å²) in [6.07, 6.45) is -0.397. The Hall–Kier alpha value is -1.03. The first-order valence-corrected chi connectivity index (χ1v) is 5.70. The van der Waals surface area contributed by atoms with E-state index < -0.39 is 6.10 Å². The van der Waals surface area contributed by atoms with Gasteiger partial charge in [0.25, 0.3) is 5.91 Å². The Morgan fingerprint density at radius 1 is 1.53 bits per heavy atom. The molecule has 1 aromatic rings. The fourth-order valence-electron chi connectivity index (χ4n) is 1.71. The maximum absolute atomic E-state index is 11.8. The third kappa shape index (κ3) is 1.74. The van der Waals surface area contributed by atoms with E-state index >= 15 is 0 Å². The molecule has 0 bridgehead atoms. The second-order valence-electron chi connectivity index (χ2n) is 3.45. The predicted octanol–water partition coefficient (Wildman–Crippen LogP) is 2.58. The van der Waals surface area contributed by atoms with E-state index in [-0.39, 0.29) is 5.91 Å². The lowest BCUT2D eigenvalue weighted by atomic mass is 10.2. The van der Waals surface area contributed by atoms with E-state index in [9.17, 15) is 4.79 Å². The van der Waals surface area contributed by atoms with Crippen LogP contribution in [-0.4, -0.2) is 18.6 Å².